The lowest BCUT2D eigenvalue weighted by Gasteiger charge is -2.21. The summed E-state index contributed by atoms with van der Waals surface area (Å²) in [5, 5.41) is 0. The van der Waals surface area contributed by atoms with Gasteiger partial charge >= 0.3 is 0 Å². The maximum Gasteiger partial charge on any atom is 0.253 e. The lowest BCUT2D eigenvalue weighted by molar-refractivity contribution is 0.0755. The van der Waals surface area contributed by atoms with Gasteiger partial charge in [0.2, 0.25) is 0 Å². The molecular weight excluding hydrogens is 230 g/mol. The van der Waals surface area contributed by atoms with Crippen LogP contribution in [0.4, 0.5) is 0 Å². The molecule has 0 heterocycles. The summed E-state index contributed by atoms with van der Waals surface area (Å²) in [6.07, 6.45) is 4.06. The third-order valence-electron chi connectivity index (χ3n) is 2.61. The first-order valence-electron chi connectivity index (χ1n) is 6.16. The molecule has 0 bridgehead atoms. The van der Waals surface area contributed by atoms with Gasteiger partial charge in [-0.15, -0.1) is 11.8 Å². The van der Waals surface area contributed by atoms with Crippen LogP contribution in [0.2, 0.25) is 0 Å². The van der Waals surface area contributed by atoms with E-state index in [4.69, 9.17) is 0 Å². The van der Waals surface area contributed by atoms with Gasteiger partial charge in [0.15, 0.2) is 0 Å². The van der Waals surface area contributed by atoms with Crippen molar-refractivity contribution in [2.24, 2.45) is 0 Å². The summed E-state index contributed by atoms with van der Waals surface area (Å²) in [6, 6.07) is 7.86. The highest BCUT2D eigenvalue weighted by Gasteiger charge is 2.13. The molecule has 2 nitrogen and oxygen atoms in total. The van der Waals surface area contributed by atoms with Gasteiger partial charge in [0.05, 0.1) is 0 Å². The Morgan fingerprint density at radius 3 is 2.06 bits per heavy atom. The number of hydrogen-bond donors (Lipinski definition) is 0. The predicted octanol–water partition coefficient (Wildman–Crippen LogP) is 3.67. The minimum absolute atomic E-state index is 0.154. The van der Waals surface area contributed by atoms with Crippen molar-refractivity contribution in [1.82, 2.24) is 4.90 Å². The Morgan fingerprint density at radius 2 is 1.65 bits per heavy atom. The molecule has 94 valence electrons. The highest BCUT2D eigenvalue weighted by atomic mass is 32.2. The van der Waals surface area contributed by atoms with Crippen LogP contribution in [0, 0.1) is 0 Å². The Balaban J connectivity index is 2.77. The Kier molecular flexibility index (Phi) is 6.12. The molecule has 0 fully saturated rings. The molecule has 0 aliphatic heterocycles. The van der Waals surface area contributed by atoms with E-state index in [0.29, 0.717) is 0 Å². The number of nitrogens with zero attached hydrogens (tertiary/aromatic N) is 1. The largest absolute Gasteiger partial charge is 0.339 e. The van der Waals surface area contributed by atoms with E-state index in [1.807, 2.05) is 35.4 Å². The molecule has 0 saturated carbocycles. The van der Waals surface area contributed by atoms with Gasteiger partial charge < -0.3 is 4.90 Å². The number of rotatable bonds is 6. The van der Waals surface area contributed by atoms with Gasteiger partial charge in [-0.05, 0) is 43.4 Å². The van der Waals surface area contributed by atoms with Crippen LogP contribution in [0.3, 0.4) is 0 Å². The Bertz CT molecular complexity index is 342. The van der Waals surface area contributed by atoms with Gasteiger partial charge in [-0.25, -0.2) is 0 Å². The topological polar surface area (TPSA) is 20.3 Å². The lowest BCUT2D eigenvalue weighted by atomic mass is 10.2. The van der Waals surface area contributed by atoms with Crippen molar-refractivity contribution in [3.05, 3.63) is 29.8 Å². The molecule has 0 aromatic heterocycles. The smallest absolute Gasteiger partial charge is 0.253 e. The number of carbonyl (C=O) groups is 1. The first-order valence-corrected chi connectivity index (χ1v) is 7.38. The van der Waals surface area contributed by atoms with Crippen molar-refractivity contribution < 1.29 is 4.79 Å². The number of hydrogen-bond acceptors (Lipinski definition) is 2. The molecule has 0 atom stereocenters. The summed E-state index contributed by atoms with van der Waals surface area (Å²) in [7, 11) is 0. The monoisotopic (exact) mass is 251 g/mol. The fraction of sp³-hybridized carbons (Fsp3) is 0.500. The van der Waals surface area contributed by atoms with Crippen LogP contribution in [-0.2, 0) is 0 Å². The quantitative estimate of drug-likeness (QED) is 0.719. The van der Waals surface area contributed by atoms with Crippen LogP contribution < -0.4 is 0 Å². The van der Waals surface area contributed by atoms with E-state index in [1.165, 1.54) is 4.90 Å². The molecule has 0 radical (unpaired) electrons. The Labute approximate surface area is 108 Å². The van der Waals surface area contributed by atoms with Crippen LogP contribution in [0.5, 0.6) is 0 Å². The number of benzene rings is 1. The average molecular weight is 251 g/mol. The third kappa shape index (κ3) is 4.08. The molecule has 0 saturated heterocycles. The van der Waals surface area contributed by atoms with Crippen molar-refractivity contribution in [3.63, 3.8) is 0 Å². The van der Waals surface area contributed by atoms with E-state index in [1.54, 1.807) is 11.8 Å². The minimum Gasteiger partial charge on any atom is -0.339 e. The van der Waals surface area contributed by atoms with E-state index in [2.05, 4.69) is 13.8 Å². The van der Waals surface area contributed by atoms with Crippen molar-refractivity contribution in [2.45, 2.75) is 31.6 Å². The van der Waals surface area contributed by atoms with E-state index < -0.39 is 0 Å². The second-order valence-corrected chi connectivity index (χ2v) is 4.90. The molecular formula is C14H21NOS. The molecule has 17 heavy (non-hydrogen) atoms. The molecule has 0 aliphatic rings. The molecule has 0 spiro atoms. The zero-order valence-corrected chi connectivity index (χ0v) is 11.7. The van der Waals surface area contributed by atoms with Crippen molar-refractivity contribution in [1.29, 1.82) is 0 Å². The fourth-order valence-corrected chi connectivity index (χ4v) is 2.18. The maximum atomic E-state index is 12.2. The number of thioether (sulfide) groups is 1. The number of carbonyl (C=O) groups excluding carboxylic acids is 1. The summed E-state index contributed by atoms with van der Waals surface area (Å²) >= 11 is 1.69. The summed E-state index contributed by atoms with van der Waals surface area (Å²) < 4.78 is 0. The second kappa shape index (κ2) is 7.38. The van der Waals surface area contributed by atoms with E-state index >= 15 is 0 Å². The second-order valence-electron chi connectivity index (χ2n) is 4.02. The maximum absolute atomic E-state index is 12.2. The predicted molar refractivity (Wildman–Crippen MR) is 74.7 cm³/mol. The Hall–Kier alpha value is -0.960. The van der Waals surface area contributed by atoms with Gasteiger partial charge in [-0.3, -0.25) is 4.79 Å². The van der Waals surface area contributed by atoms with E-state index in [-0.39, 0.29) is 5.91 Å². The van der Waals surface area contributed by atoms with E-state index in [0.717, 1.165) is 31.5 Å². The number of amides is 1. The SMILES string of the molecule is CCCN(CCC)C(=O)c1ccc(SC)cc1. The molecule has 0 aliphatic carbocycles. The highest BCUT2D eigenvalue weighted by Crippen LogP contribution is 2.16. The summed E-state index contributed by atoms with van der Waals surface area (Å²) in [5.41, 5.74) is 0.796. The molecule has 1 amide bonds. The first-order chi connectivity index (χ1) is 8.22. The van der Waals surface area contributed by atoms with Gasteiger partial charge in [-0.1, -0.05) is 13.8 Å². The van der Waals surface area contributed by atoms with Gasteiger partial charge in [-0.2, -0.15) is 0 Å². The van der Waals surface area contributed by atoms with Gasteiger partial charge in [0.25, 0.3) is 5.91 Å². The molecule has 0 unspecified atom stereocenters. The van der Waals surface area contributed by atoms with Crippen LogP contribution in [0.25, 0.3) is 0 Å². The molecule has 1 rings (SSSR count). The zero-order chi connectivity index (χ0) is 12.7. The molecule has 3 heteroatoms. The van der Waals surface area contributed by atoms with Crippen molar-refractivity contribution in [3.8, 4) is 0 Å². The third-order valence-corrected chi connectivity index (χ3v) is 3.35. The van der Waals surface area contributed by atoms with Crippen LogP contribution >= 0.6 is 11.8 Å². The van der Waals surface area contributed by atoms with Crippen LogP contribution in [-0.4, -0.2) is 30.2 Å². The van der Waals surface area contributed by atoms with Crippen LogP contribution in [0.1, 0.15) is 37.0 Å². The molecule has 0 N–H and O–H groups in total. The van der Waals surface area contributed by atoms with E-state index in [9.17, 15) is 4.79 Å². The summed E-state index contributed by atoms with van der Waals surface area (Å²) in [4.78, 5) is 15.4. The molecule has 1 aromatic rings. The standard InChI is InChI=1S/C14H21NOS/c1-4-10-15(11-5-2)14(16)12-6-8-13(17-3)9-7-12/h6-9H,4-5,10-11H2,1-3H3. The molecule has 1 aromatic carbocycles. The van der Waals surface area contributed by atoms with Crippen molar-refractivity contribution in [2.75, 3.05) is 19.3 Å². The normalized spacial score (nSPS) is 10.3. The summed E-state index contributed by atoms with van der Waals surface area (Å²) in [6.45, 7) is 5.90. The summed E-state index contributed by atoms with van der Waals surface area (Å²) in [5.74, 6) is 0.154. The van der Waals surface area contributed by atoms with Crippen molar-refractivity contribution >= 4 is 17.7 Å². The van der Waals surface area contributed by atoms with Gasteiger partial charge in [0.1, 0.15) is 0 Å². The average Bonchev–Trinajstić information content (AvgIpc) is 2.38. The van der Waals surface area contributed by atoms with Crippen LogP contribution in [0.15, 0.2) is 29.2 Å². The zero-order valence-electron chi connectivity index (χ0n) is 10.9. The Morgan fingerprint density at radius 1 is 1.12 bits per heavy atom. The first kappa shape index (κ1) is 14.1. The lowest BCUT2D eigenvalue weighted by Crippen LogP contribution is -2.32. The van der Waals surface area contributed by atoms with Gasteiger partial charge in [0, 0.05) is 23.5 Å². The highest BCUT2D eigenvalue weighted by molar-refractivity contribution is 7.98. The minimum atomic E-state index is 0.154. The fourth-order valence-electron chi connectivity index (χ4n) is 1.77.